The fraction of sp³-hybridized carbons (Fsp3) is 0.312. The van der Waals surface area contributed by atoms with Crippen molar-refractivity contribution in [3.8, 4) is 6.07 Å². The molecule has 0 saturated carbocycles. The van der Waals surface area contributed by atoms with Gasteiger partial charge >= 0.3 is 0 Å². The van der Waals surface area contributed by atoms with Crippen molar-refractivity contribution in [2.45, 2.75) is 25.7 Å². The van der Waals surface area contributed by atoms with Gasteiger partial charge in [-0.2, -0.15) is 5.26 Å². The Bertz CT molecular complexity index is 658. The van der Waals surface area contributed by atoms with Gasteiger partial charge in [0.2, 0.25) is 0 Å². The summed E-state index contributed by atoms with van der Waals surface area (Å²) < 4.78 is 0. The molecule has 0 saturated heterocycles. The van der Waals surface area contributed by atoms with Crippen LogP contribution in [0.15, 0.2) is 30.6 Å². The molecule has 4 heteroatoms. The topological polar surface area (TPSA) is 52.8 Å². The van der Waals surface area contributed by atoms with Crippen LogP contribution in [0.1, 0.15) is 29.7 Å². The largest absolute Gasteiger partial charge is 0.327 e. The van der Waals surface area contributed by atoms with E-state index in [1.807, 2.05) is 30.1 Å². The lowest BCUT2D eigenvalue weighted by Crippen LogP contribution is -2.16. The molecule has 3 rings (SSSR count). The van der Waals surface area contributed by atoms with Crippen molar-refractivity contribution >= 4 is 11.5 Å². The molecule has 2 aromatic heterocycles. The van der Waals surface area contributed by atoms with Crippen LogP contribution in [-0.2, 0) is 12.8 Å². The minimum atomic E-state index is 0.636. The molecule has 0 bridgehead atoms. The number of hydrogen-bond acceptors (Lipinski definition) is 4. The second-order valence-corrected chi connectivity index (χ2v) is 5.05. The van der Waals surface area contributed by atoms with Gasteiger partial charge in [-0.3, -0.25) is 4.98 Å². The summed E-state index contributed by atoms with van der Waals surface area (Å²) in [5, 5.41) is 9.38. The Labute approximate surface area is 118 Å². The fourth-order valence-corrected chi connectivity index (χ4v) is 2.64. The summed E-state index contributed by atoms with van der Waals surface area (Å²) >= 11 is 0. The molecule has 0 atom stereocenters. The van der Waals surface area contributed by atoms with Gasteiger partial charge in [0.15, 0.2) is 5.82 Å². The molecular weight excluding hydrogens is 248 g/mol. The molecule has 0 N–H and O–H groups in total. The average molecular weight is 264 g/mol. The first kappa shape index (κ1) is 12.6. The van der Waals surface area contributed by atoms with E-state index in [1.165, 1.54) is 18.4 Å². The second-order valence-electron chi connectivity index (χ2n) is 5.05. The maximum atomic E-state index is 9.38. The normalized spacial score (nSPS) is 13.4. The molecular formula is C16H16N4. The number of fused-ring (bicyclic) bond motifs is 1. The lowest BCUT2D eigenvalue weighted by Gasteiger charge is -2.22. The molecule has 1 aliphatic rings. The zero-order valence-corrected chi connectivity index (χ0v) is 11.5. The van der Waals surface area contributed by atoms with E-state index in [4.69, 9.17) is 4.98 Å². The Hall–Kier alpha value is -2.41. The highest BCUT2D eigenvalue weighted by Gasteiger charge is 2.18. The summed E-state index contributed by atoms with van der Waals surface area (Å²) in [5.74, 6) is 0.723. The molecule has 0 radical (unpaired) electrons. The smallest absolute Gasteiger partial charge is 0.151 e. The van der Waals surface area contributed by atoms with Crippen LogP contribution in [0.5, 0.6) is 0 Å². The third kappa shape index (κ3) is 2.23. The van der Waals surface area contributed by atoms with Crippen molar-refractivity contribution in [1.29, 1.82) is 5.26 Å². The van der Waals surface area contributed by atoms with E-state index in [0.29, 0.717) is 5.56 Å². The zero-order valence-electron chi connectivity index (χ0n) is 11.5. The van der Waals surface area contributed by atoms with E-state index in [2.05, 4.69) is 11.1 Å². The molecule has 0 fully saturated rings. The molecule has 2 aromatic rings. The third-order valence-electron chi connectivity index (χ3n) is 3.75. The number of aryl methyl sites for hydroxylation is 2. The van der Waals surface area contributed by atoms with Gasteiger partial charge in [0.05, 0.1) is 17.4 Å². The van der Waals surface area contributed by atoms with Gasteiger partial charge in [0.1, 0.15) is 6.07 Å². The molecule has 0 aromatic carbocycles. The van der Waals surface area contributed by atoms with Gasteiger partial charge in [-0.15, -0.1) is 0 Å². The van der Waals surface area contributed by atoms with Crippen molar-refractivity contribution in [2.75, 3.05) is 11.9 Å². The van der Waals surface area contributed by atoms with Gasteiger partial charge in [-0.1, -0.05) is 0 Å². The van der Waals surface area contributed by atoms with Crippen LogP contribution >= 0.6 is 0 Å². The predicted octanol–water partition coefficient (Wildman–Crippen LogP) is 2.99. The van der Waals surface area contributed by atoms with Crippen LogP contribution in [0, 0.1) is 11.3 Å². The van der Waals surface area contributed by atoms with Gasteiger partial charge in [0.25, 0.3) is 0 Å². The van der Waals surface area contributed by atoms with E-state index in [0.717, 1.165) is 30.0 Å². The summed E-state index contributed by atoms with van der Waals surface area (Å²) in [6.45, 7) is 0. The van der Waals surface area contributed by atoms with Gasteiger partial charge in [0, 0.05) is 18.9 Å². The monoisotopic (exact) mass is 264 g/mol. The SMILES string of the molecule is CN(c1cccnc1)c1nc2c(cc1C#N)CCCC2. The molecule has 1 aliphatic carbocycles. The lowest BCUT2D eigenvalue weighted by atomic mass is 9.95. The van der Waals surface area contributed by atoms with E-state index < -0.39 is 0 Å². The third-order valence-corrected chi connectivity index (χ3v) is 3.75. The lowest BCUT2D eigenvalue weighted by molar-refractivity contribution is 0.667. The summed E-state index contributed by atoms with van der Waals surface area (Å²) in [5.41, 5.74) is 3.95. The first-order chi connectivity index (χ1) is 9.79. The van der Waals surface area contributed by atoms with Crippen molar-refractivity contribution in [1.82, 2.24) is 9.97 Å². The van der Waals surface area contributed by atoms with Crippen LogP contribution in [0.3, 0.4) is 0 Å². The molecule has 100 valence electrons. The highest BCUT2D eigenvalue weighted by molar-refractivity contribution is 5.65. The first-order valence-electron chi connectivity index (χ1n) is 6.86. The van der Waals surface area contributed by atoms with Gasteiger partial charge < -0.3 is 4.90 Å². The van der Waals surface area contributed by atoms with E-state index in [9.17, 15) is 5.26 Å². The highest BCUT2D eigenvalue weighted by atomic mass is 15.2. The first-order valence-corrected chi connectivity index (χ1v) is 6.86. The standard InChI is InChI=1S/C16H16N4/c1-20(14-6-4-8-18-11-14)16-13(10-17)9-12-5-2-3-7-15(12)19-16/h4,6,8-9,11H,2-3,5,7H2,1H3. The molecule has 0 unspecified atom stereocenters. The summed E-state index contributed by atoms with van der Waals surface area (Å²) in [6.07, 6.45) is 7.94. The Morgan fingerprint density at radius 2 is 2.15 bits per heavy atom. The van der Waals surface area contributed by atoms with Crippen molar-refractivity contribution in [3.63, 3.8) is 0 Å². The molecule has 0 aliphatic heterocycles. The number of aromatic nitrogens is 2. The van der Waals surface area contributed by atoms with Crippen molar-refractivity contribution in [3.05, 3.63) is 47.4 Å². The van der Waals surface area contributed by atoms with Gasteiger partial charge in [-0.05, 0) is 49.4 Å². The number of rotatable bonds is 2. The van der Waals surface area contributed by atoms with Crippen LogP contribution in [0.25, 0.3) is 0 Å². The minimum Gasteiger partial charge on any atom is -0.327 e. The van der Waals surface area contributed by atoms with Crippen LogP contribution in [-0.4, -0.2) is 17.0 Å². The number of anilines is 2. The van der Waals surface area contributed by atoms with Crippen LogP contribution in [0.2, 0.25) is 0 Å². The molecule has 20 heavy (non-hydrogen) atoms. The predicted molar refractivity (Wildman–Crippen MR) is 77.9 cm³/mol. The molecule has 0 spiro atoms. The molecule has 2 heterocycles. The van der Waals surface area contributed by atoms with Crippen LogP contribution < -0.4 is 4.90 Å². The Morgan fingerprint density at radius 3 is 2.90 bits per heavy atom. The average Bonchev–Trinajstić information content (AvgIpc) is 2.53. The van der Waals surface area contributed by atoms with Crippen LogP contribution in [0.4, 0.5) is 11.5 Å². The number of pyridine rings is 2. The molecule has 0 amide bonds. The zero-order chi connectivity index (χ0) is 13.9. The van der Waals surface area contributed by atoms with Crippen molar-refractivity contribution in [2.24, 2.45) is 0 Å². The minimum absolute atomic E-state index is 0.636. The quantitative estimate of drug-likeness (QED) is 0.836. The second kappa shape index (κ2) is 5.30. The van der Waals surface area contributed by atoms with Crippen molar-refractivity contribution < 1.29 is 0 Å². The van der Waals surface area contributed by atoms with E-state index in [-0.39, 0.29) is 0 Å². The fourth-order valence-electron chi connectivity index (χ4n) is 2.64. The van der Waals surface area contributed by atoms with Gasteiger partial charge in [-0.25, -0.2) is 4.98 Å². The maximum Gasteiger partial charge on any atom is 0.151 e. The Balaban J connectivity index is 2.06. The Kier molecular flexibility index (Phi) is 3.34. The van der Waals surface area contributed by atoms with E-state index >= 15 is 0 Å². The van der Waals surface area contributed by atoms with E-state index in [1.54, 1.807) is 12.4 Å². The highest BCUT2D eigenvalue weighted by Crippen LogP contribution is 2.29. The summed E-state index contributed by atoms with van der Waals surface area (Å²) in [4.78, 5) is 10.8. The molecule has 4 nitrogen and oxygen atoms in total. The number of nitrogens with zero attached hydrogens (tertiary/aromatic N) is 4. The summed E-state index contributed by atoms with van der Waals surface area (Å²) in [6, 6.07) is 8.13. The number of nitriles is 1. The summed E-state index contributed by atoms with van der Waals surface area (Å²) in [7, 11) is 1.93. The number of hydrogen-bond donors (Lipinski definition) is 0. The Morgan fingerprint density at radius 1 is 1.30 bits per heavy atom. The maximum absolute atomic E-state index is 9.38.